The molecule has 6 nitrogen and oxygen atoms in total. The van der Waals surface area contributed by atoms with Gasteiger partial charge in [-0.05, 0) is 30.7 Å². The number of nitrogens with one attached hydrogen (secondary N) is 1. The van der Waals surface area contributed by atoms with E-state index in [1.807, 2.05) is 18.3 Å². The minimum absolute atomic E-state index is 0.0548. The second kappa shape index (κ2) is 6.42. The van der Waals surface area contributed by atoms with Crippen LogP contribution in [0.1, 0.15) is 18.3 Å². The molecule has 0 bridgehead atoms. The molecule has 1 aliphatic rings. The monoisotopic (exact) mass is 354 g/mol. The predicted octanol–water partition coefficient (Wildman–Crippen LogP) is 2.41. The van der Waals surface area contributed by atoms with Crippen molar-refractivity contribution < 1.29 is 8.42 Å². The molecule has 0 saturated heterocycles. The molecule has 0 spiro atoms. The van der Waals surface area contributed by atoms with Crippen molar-refractivity contribution in [3.63, 3.8) is 0 Å². The van der Waals surface area contributed by atoms with Crippen LogP contribution in [0.5, 0.6) is 0 Å². The molecule has 128 valence electrons. The molecule has 0 aliphatic carbocycles. The molecule has 1 N–H and O–H groups in total. The molecular weight excluding hydrogens is 336 g/mol. The molecule has 3 heterocycles. The summed E-state index contributed by atoms with van der Waals surface area (Å²) in [7, 11) is -3.50. The van der Waals surface area contributed by atoms with E-state index in [2.05, 4.69) is 19.3 Å². The van der Waals surface area contributed by atoms with Gasteiger partial charge < -0.3 is 4.57 Å². The zero-order chi connectivity index (χ0) is 17.3. The van der Waals surface area contributed by atoms with Crippen LogP contribution in [-0.4, -0.2) is 29.5 Å². The first-order valence-corrected chi connectivity index (χ1v) is 9.65. The second-order valence-electron chi connectivity index (χ2n) is 6.02. The number of fused-ring (bicyclic) bond motifs is 1. The summed E-state index contributed by atoms with van der Waals surface area (Å²) in [6.07, 6.45) is 7.07. The van der Waals surface area contributed by atoms with E-state index in [0.29, 0.717) is 6.54 Å². The Morgan fingerprint density at radius 1 is 1.12 bits per heavy atom. The Morgan fingerprint density at radius 2 is 1.88 bits per heavy atom. The Hall–Kier alpha value is -2.51. The maximum Gasteiger partial charge on any atom is 0.240 e. The summed E-state index contributed by atoms with van der Waals surface area (Å²) in [5.41, 5.74) is 2.03. The lowest BCUT2D eigenvalue weighted by Gasteiger charge is -2.17. The Kier molecular flexibility index (Phi) is 4.10. The van der Waals surface area contributed by atoms with Gasteiger partial charge in [-0.25, -0.2) is 18.1 Å². The highest BCUT2D eigenvalue weighted by Gasteiger charge is 2.27. The number of nitrogens with zero attached hydrogens (tertiary/aromatic N) is 3. The average Bonchev–Trinajstić information content (AvgIpc) is 3.24. The predicted molar refractivity (Wildman–Crippen MR) is 94.4 cm³/mol. The van der Waals surface area contributed by atoms with Gasteiger partial charge in [-0.1, -0.05) is 18.2 Å². The third-order valence-electron chi connectivity index (χ3n) is 4.48. The Morgan fingerprint density at radius 3 is 2.64 bits per heavy atom. The van der Waals surface area contributed by atoms with Gasteiger partial charge in [0.25, 0.3) is 0 Å². The topological polar surface area (TPSA) is 76.9 Å². The van der Waals surface area contributed by atoms with Crippen LogP contribution in [0.15, 0.2) is 66.0 Å². The van der Waals surface area contributed by atoms with Crippen LogP contribution in [0, 0.1) is 0 Å². The maximum absolute atomic E-state index is 12.4. The van der Waals surface area contributed by atoms with Gasteiger partial charge in [-0.15, -0.1) is 0 Å². The van der Waals surface area contributed by atoms with Crippen molar-refractivity contribution >= 4 is 10.0 Å². The van der Waals surface area contributed by atoms with Crippen molar-refractivity contribution in [1.82, 2.24) is 19.3 Å². The minimum atomic E-state index is -3.50. The van der Waals surface area contributed by atoms with Gasteiger partial charge in [0.2, 0.25) is 10.0 Å². The molecule has 3 aromatic rings. The van der Waals surface area contributed by atoms with E-state index < -0.39 is 10.0 Å². The molecule has 1 atom stereocenters. The summed E-state index contributed by atoms with van der Waals surface area (Å²) < 4.78 is 29.8. The van der Waals surface area contributed by atoms with Crippen molar-refractivity contribution in [2.24, 2.45) is 0 Å². The molecule has 0 amide bonds. The lowest BCUT2D eigenvalue weighted by molar-refractivity contribution is 0.510. The van der Waals surface area contributed by atoms with E-state index in [9.17, 15) is 8.42 Å². The highest BCUT2D eigenvalue weighted by Crippen LogP contribution is 2.32. The molecular formula is C18H18N4O2S. The Labute approximate surface area is 146 Å². The average molecular weight is 354 g/mol. The lowest BCUT2D eigenvalue weighted by Crippen LogP contribution is -2.29. The van der Waals surface area contributed by atoms with Crippen LogP contribution in [-0.2, 0) is 16.4 Å². The van der Waals surface area contributed by atoms with Crippen molar-refractivity contribution in [2.75, 3.05) is 6.54 Å². The summed E-state index contributed by atoms with van der Waals surface area (Å²) in [6.45, 7) is 0.346. The van der Waals surface area contributed by atoms with Gasteiger partial charge in [-0.2, -0.15) is 0 Å². The van der Waals surface area contributed by atoms with E-state index in [1.165, 1.54) is 0 Å². The van der Waals surface area contributed by atoms with Crippen molar-refractivity contribution in [3.8, 4) is 11.3 Å². The zero-order valence-corrected chi connectivity index (χ0v) is 14.4. The van der Waals surface area contributed by atoms with Crippen LogP contribution in [0.3, 0.4) is 0 Å². The normalized spacial score (nSPS) is 16.7. The number of imidazole rings is 1. The van der Waals surface area contributed by atoms with Crippen LogP contribution < -0.4 is 4.72 Å². The fourth-order valence-electron chi connectivity index (χ4n) is 3.23. The van der Waals surface area contributed by atoms with Gasteiger partial charge in [0.05, 0.1) is 16.8 Å². The molecule has 2 aromatic heterocycles. The fraction of sp³-hybridized carbons (Fsp3) is 0.222. The van der Waals surface area contributed by atoms with E-state index in [0.717, 1.165) is 29.9 Å². The molecule has 0 saturated carbocycles. The number of aryl methyl sites for hydroxylation is 1. The molecule has 25 heavy (non-hydrogen) atoms. The Bertz CT molecular complexity index is 969. The maximum atomic E-state index is 12.4. The fourth-order valence-corrected chi connectivity index (χ4v) is 4.33. The van der Waals surface area contributed by atoms with Gasteiger partial charge >= 0.3 is 0 Å². The van der Waals surface area contributed by atoms with E-state index in [-0.39, 0.29) is 10.9 Å². The van der Waals surface area contributed by atoms with Gasteiger partial charge in [0.15, 0.2) is 0 Å². The zero-order valence-electron chi connectivity index (χ0n) is 13.5. The quantitative estimate of drug-likeness (QED) is 0.763. The van der Waals surface area contributed by atoms with Gasteiger partial charge in [0, 0.05) is 37.0 Å². The number of sulfonamides is 1. The van der Waals surface area contributed by atoms with Gasteiger partial charge in [0.1, 0.15) is 5.82 Å². The SMILES string of the molecule is O=S(=O)(NCC1CCc2ncc(-c3ccncc3)n21)c1ccccc1. The summed E-state index contributed by atoms with van der Waals surface area (Å²) in [5, 5.41) is 0. The highest BCUT2D eigenvalue weighted by molar-refractivity contribution is 7.89. The minimum Gasteiger partial charge on any atom is -0.324 e. The number of benzene rings is 1. The van der Waals surface area contributed by atoms with E-state index in [1.54, 1.807) is 42.7 Å². The second-order valence-corrected chi connectivity index (χ2v) is 7.79. The first-order valence-electron chi connectivity index (χ1n) is 8.16. The standard InChI is InChI=1S/C18H18N4O2S/c23-25(24,16-4-2-1-3-5-16)21-12-15-6-7-18-20-13-17(22(15)18)14-8-10-19-11-9-14/h1-5,8-11,13,15,21H,6-7,12H2. The number of pyridine rings is 1. The van der Waals surface area contributed by atoms with E-state index >= 15 is 0 Å². The van der Waals surface area contributed by atoms with Gasteiger partial charge in [-0.3, -0.25) is 4.98 Å². The number of hydrogen-bond acceptors (Lipinski definition) is 4. The molecule has 0 radical (unpaired) electrons. The molecule has 1 aromatic carbocycles. The molecule has 1 aliphatic heterocycles. The highest BCUT2D eigenvalue weighted by atomic mass is 32.2. The molecule has 4 rings (SSSR count). The first-order chi connectivity index (χ1) is 12.1. The lowest BCUT2D eigenvalue weighted by atomic mass is 10.1. The largest absolute Gasteiger partial charge is 0.324 e. The van der Waals surface area contributed by atoms with Crippen LogP contribution in [0.4, 0.5) is 0 Å². The van der Waals surface area contributed by atoms with Crippen LogP contribution in [0.2, 0.25) is 0 Å². The Balaban J connectivity index is 1.57. The molecule has 1 unspecified atom stereocenters. The summed E-state index contributed by atoms with van der Waals surface area (Å²) in [5.74, 6) is 0.996. The van der Waals surface area contributed by atoms with Crippen molar-refractivity contribution in [3.05, 3.63) is 66.9 Å². The first kappa shape index (κ1) is 16.0. The van der Waals surface area contributed by atoms with Crippen molar-refractivity contribution in [2.45, 2.75) is 23.8 Å². The third-order valence-corrected chi connectivity index (χ3v) is 5.92. The molecule has 7 heteroatoms. The van der Waals surface area contributed by atoms with Crippen LogP contribution >= 0.6 is 0 Å². The smallest absolute Gasteiger partial charge is 0.240 e. The summed E-state index contributed by atoms with van der Waals surface area (Å²) in [6, 6.07) is 12.4. The van der Waals surface area contributed by atoms with Crippen LogP contribution in [0.25, 0.3) is 11.3 Å². The number of hydrogen-bond donors (Lipinski definition) is 1. The molecule has 0 fully saturated rings. The number of aromatic nitrogens is 3. The summed E-state index contributed by atoms with van der Waals surface area (Å²) in [4.78, 5) is 8.83. The summed E-state index contributed by atoms with van der Waals surface area (Å²) >= 11 is 0. The third kappa shape index (κ3) is 3.08. The van der Waals surface area contributed by atoms with E-state index in [4.69, 9.17) is 0 Å². The number of rotatable bonds is 5. The van der Waals surface area contributed by atoms with Crippen molar-refractivity contribution in [1.29, 1.82) is 0 Å².